The van der Waals surface area contributed by atoms with E-state index in [1.54, 1.807) is 7.11 Å². The van der Waals surface area contributed by atoms with Gasteiger partial charge >= 0.3 is 0 Å². The molecule has 0 heterocycles. The van der Waals surface area contributed by atoms with Crippen LogP contribution in [-0.4, -0.2) is 32.4 Å². The molecule has 1 unspecified atom stereocenters. The monoisotopic (exact) mass is 280 g/mol. The second-order valence-corrected chi connectivity index (χ2v) is 4.46. The first kappa shape index (κ1) is 16.3. The fourth-order valence-electron chi connectivity index (χ4n) is 1.94. The molecule has 0 aliphatic heterocycles. The maximum Gasteiger partial charge on any atom is 0.221 e. The molecular formula is C15H24N2O3. The average Bonchev–Trinajstić information content (AvgIpc) is 2.42. The third-order valence-corrected chi connectivity index (χ3v) is 3.01. The number of carbonyl (C=O) groups excluding carboxylic acids is 1. The van der Waals surface area contributed by atoms with Crippen LogP contribution in [0.4, 0.5) is 11.4 Å². The molecular weight excluding hydrogens is 256 g/mol. The third-order valence-electron chi connectivity index (χ3n) is 3.01. The van der Waals surface area contributed by atoms with E-state index in [1.807, 2.05) is 25.1 Å². The molecule has 5 heteroatoms. The molecule has 0 radical (unpaired) electrons. The van der Waals surface area contributed by atoms with Crippen LogP contribution in [0.5, 0.6) is 5.75 Å². The average molecular weight is 280 g/mol. The zero-order valence-electron chi connectivity index (χ0n) is 12.9. The number of hydrogen-bond acceptors (Lipinski definition) is 4. The second-order valence-electron chi connectivity index (χ2n) is 4.46. The summed E-state index contributed by atoms with van der Waals surface area (Å²) in [5.41, 5.74) is 1.71. The molecule has 1 rings (SSSR count). The topological polar surface area (TPSA) is 50.8 Å². The van der Waals surface area contributed by atoms with Gasteiger partial charge in [0.1, 0.15) is 5.75 Å². The Bertz CT molecular complexity index is 445. The van der Waals surface area contributed by atoms with Crippen molar-refractivity contribution in [2.75, 3.05) is 30.4 Å². The number of methoxy groups -OCH3 is 1. The Morgan fingerprint density at radius 1 is 1.35 bits per heavy atom. The third kappa shape index (κ3) is 4.42. The minimum atomic E-state index is -0.323. The zero-order chi connectivity index (χ0) is 15.1. The van der Waals surface area contributed by atoms with Crippen LogP contribution in [0, 0.1) is 0 Å². The highest BCUT2D eigenvalue weighted by Gasteiger charge is 2.13. The van der Waals surface area contributed by atoms with Gasteiger partial charge < -0.3 is 19.7 Å². The molecule has 1 aromatic rings. The largest absolute Gasteiger partial charge is 0.463 e. The van der Waals surface area contributed by atoms with Crippen LogP contribution in [0.3, 0.4) is 0 Å². The molecule has 0 spiro atoms. The molecule has 0 fully saturated rings. The molecule has 0 aliphatic carbocycles. The number of anilines is 2. The van der Waals surface area contributed by atoms with E-state index in [2.05, 4.69) is 24.1 Å². The molecule has 1 amide bonds. The minimum absolute atomic E-state index is 0.0885. The summed E-state index contributed by atoms with van der Waals surface area (Å²) in [6, 6.07) is 5.60. The first-order valence-electron chi connectivity index (χ1n) is 6.87. The zero-order valence-corrected chi connectivity index (χ0v) is 12.9. The van der Waals surface area contributed by atoms with Gasteiger partial charge in [0.25, 0.3) is 0 Å². The number of rotatable bonds is 7. The molecule has 112 valence electrons. The van der Waals surface area contributed by atoms with Crippen molar-refractivity contribution in [2.45, 2.75) is 34.0 Å². The van der Waals surface area contributed by atoms with Crippen molar-refractivity contribution in [3.05, 3.63) is 18.2 Å². The van der Waals surface area contributed by atoms with E-state index in [-0.39, 0.29) is 12.2 Å². The molecule has 5 nitrogen and oxygen atoms in total. The molecule has 0 saturated carbocycles. The van der Waals surface area contributed by atoms with Crippen LogP contribution >= 0.6 is 0 Å². The number of carbonyl (C=O) groups is 1. The van der Waals surface area contributed by atoms with Crippen molar-refractivity contribution >= 4 is 17.3 Å². The van der Waals surface area contributed by atoms with Crippen LogP contribution < -0.4 is 15.0 Å². The summed E-state index contributed by atoms with van der Waals surface area (Å²) in [7, 11) is 1.60. The van der Waals surface area contributed by atoms with Gasteiger partial charge in [0.05, 0.1) is 5.69 Å². The number of ether oxygens (including phenoxy) is 2. The molecule has 1 aromatic carbocycles. The molecule has 0 saturated heterocycles. The fourth-order valence-corrected chi connectivity index (χ4v) is 1.94. The van der Waals surface area contributed by atoms with E-state index in [4.69, 9.17) is 9.47 Å². The number of nitrogens with one attached hydrogen (secondary N) is 1. The van der Waals surface area contributed by atoms with Crippen molar-refractivity contribution in [1.29, 1.82) is 0 Å². The van der Waals surface area contributed by atoms with E-state index in [0.717, 1.165) is 30.2 Å². The number of benzene rings is 1. The lowest BCUT2D eigenvalue weighted by molar-refractivity contribution is -0.114. The quantitative estimate of drug-likeness (QED) is 0.780. The molecule has 0 aliphatic rings. The maximum atomic E-state index is 11.2. The molecule has 0 aromatic heterocycles. The van der Waals surface area contributed by atoms with Crippen LogP contribution in [0.2, 0.25) is 0 Å². The molecule has 1 N–H and O–H groups in total. The van der Waals surface area contributed by atoms with Gasteiger partial charge in [0.2, 0.25) is 5.91 Å². The van der Waals surface area contributed by atoms with Gasteiger partial charge in [0, 0.05) is 32.8 Å². The van der Waals surface area contributed by atoms with Gasteiger partial charge in [-0.3, -0.25) is 4.79 Å². The highest BCUT2D eigenvalue weighted by atomic mass is 16.7. The molecule has 20 heavy (non-hydrogen) atoms. The maximum absolute atomic E-state index is 11.2. The fraction of sp³-hybridized carbons (Fsp3) is 0.533. The van der Waals surface area contributed by atoms with Crippen molar-refractivity contribution in [1.82, 2.24) is 0 Å². The summed E-state index contributed by atoms with van der Waals surface area (Å²) in [4.78, 5) is 13.3. The Balaban J connectivity index is 3.11. The number of hydrogen-bond donors (Lipinski definition) is 1. The van der Waals surface area contributed by atoms with Crippen molar-refractivity contribution in [3.8, 4) is 5.75 Å². The number of nitrogens with zero attached hydrogens (tertiary/aromatic N) is 1. The lowest BCUT2D eigenvalue weighted by Crippen LogP contribution is -2.24. The van der Waals surface area contributed by atoms with E-state index in [1.165, 1.54) is 6.92 Å². The highest BCUT2D eigenvalue weighted by Crippen LogP contribution is 2.32. The predicted octanol–water partition coefficient (Wildman–Crippen LogP) is 2.86. The van der Waals surface area contributed by atoms with Crippen molar-refractivity contribution in [2.24, 2.45) is 0 Å². The summed E-state index contributed by atoms with van der Waals surface area (Å²) in [6.45, 7) is 9.22. The highest BCUT2D eigenvalue weighted by molar-refractivity contribution is 5.89. The summed E-state index contributed by atoms with van der Waals surface area (Å²) < 4.78 is 10.9. The van der Waals surface area contributed by atoms with Crippen molar-refractivity contribution < 1.29 is 14.3 Å². The Morgan fingerprint density at radius 3 is 2.50 bits per heavy atom. The van der Waals surface area contributed by atoms with Gasteiger partial charge in [-0.1, -0.05) is 0 Å². The summed E-state index contributed by atoms with van der Waals surface area (Å²) in [6.07, 6.45) is -0.323. The Morgan fingerprint density at radius 2 is 2.00 bits per heavy atom. The summed E-state index contributed by atoms with van der Waals surface area (Å²) in [5.74, 6) is 0.659. The molecule has 0 bridgehead atoms. The van der Waals surface area contributed by atoms with Gasteiger partial charge in [-0.15, -0.1) is 0 Å². The van der Waals surface area contributed by atoms with Crippen LogP contribution in [0.1, 0.15) is 27.7 Å². The van der Waals surface area contributed by atoms with Crippen molar-refractivity contribution in [3.63, 3.8) is 0 Å². The van der Waals surface area contributed by atoms with Crippen LogP contribution in [0.15, 0.2) is 18.2 Å². The lowest BCUT2D eigenvalue weighted by atomic mass is 10.2. The number of amides is 1. The van der Waals surface area contributed by atoms with E-state index >= 15 is 0 Å². The minimum Gasteiger partial charge on any atom is -0.463 e. The SMILES string of the molecule is CCN(CC)c1cc(NC(C)=O)ccc1OC(C)OC. The van der Waals surface area contributed by atoms with E-state index in [0.29, 0.717) is 0 Å². The standard InChI is InChI=1S/C15H24N2O3/c1-6-17(7-2)14-10-13(16-11(3)18)8-9-15(14)20-12(4)19-5/h8-10,12H,6-7H2,1-5H3,(H,16,18). The smallest absolute Gasteiger partial charge is 0.221 e. The van der Waals surface area contributed by atoms with Gasteiger partial charge in [-0.2, -0.15) is 0 Å². The van der Waals surface area contributed by atoms with Crippen LogP contribution in [0.25, 0.3) is 0 Å². The summed E-state index contributed by atoms with van der Waals surface area (Å²) >= 11 is 0. The first-order valence-corrected chi connectivity index (χ1v) is 6.87. The van der Waals surface area contributed by atoms with E-state index in [9.17, 15) is 4.79 Å². The lowest BCUT2D eigenvalue weighted by Gasteiger charge is -2.26. The van der Waals surface area contributed by atoms with Gasteiger partial charge in [-0.25, -0.2) is 0 Å². The predicted molar refractivity (Wildman–Crippen MR) is 81.4 cm³/mol. The normalized spacial score (nSPS) is 11.8. The summed E-state index contributed by atoms with van der Waals surface area (Å²) in [5, 5.41) is 2.79. The van der Waals surface area contributed by atoms with E-state index < -0.39 is 0 Å². The second kappa shape index (κ2) is 7.75. The first-order chi connectivity index (χ1) is 9.51. The Hall–Kier alpha value is -1.75. The van der Waals surface area contributed by atoms with Gasteiger partial charge in [-0.05, 0) is 39.0 Å². The van der Waals surface area contributed by atoms with Crippen LogP contribution in [-0.2, 0) is 9.53 Å². The Kier molecular flexibility index (Phi) is 6.31. The Labute approximate surface area is 120 Å². The van der Waals surface area contributed by atoms with Gasteiger partial charge in [0.15, 0.2) is 6.29 Å². The molecule has 1 atom stereocenters.